The Morgan fingerprint density at radius 3 is 2.82 bits per heavy atom. The van der Waals surface area contributed by atoms with Crippen LogP contribution >= 0.6 is 0 Å². The molecule has 17 heavy (non-hydrogen) atoms. The van der Waals surface area contributed by atoms with Crippen LogP contribution in [0.5, 0.6) is 0 Å². The number of aromatic carboxylic acids is 1. The number of nitriles is 1. The highest BCUT2D eigenvalue weighted by Crippen LogP contribution is 2.17. The lowest BCUT2D eigenvalue weighted by Crippen LogP contribution is -2.27. The average Bonchev–Trinajstić information content (AvgIpc) is 2.59. The third-order valence-corrected chi connectivity index (χ3v) is 2.71. The Hall–Kier alpha value is -1.80. The molecule has 5 heteroatoms. The molecular formula is C12H16N2O3. The quantitative estimate of drug-likeness (QED) is 0.846. The summed E-state index contributed by atoms with van der Waals surface area (Å²) in [6.45, 7) is 4.14. The molecule has 0 fully saturated rings. The number of furan rings is 1. The summed E-state index contributed by atoms with van der Waals surface area (Å²) in [6.07, 6.45) is 0.433. The monoisotopic (exact) mass is 236 g/mol. The molecule has 1 unspecified atom stereocenters. The lowest BCUT2D eigenvalue weighted by molar-refractivity contribution is 0.0657. The molecule has 1 aromatic heterocycles. The number of carboxylic acids is 1. The fraction of sp³-hybridized carbons (Fsp3) is 0.500. The van der Waals surface area contributed by atoms with Crippen molar-refractivity contribution < 1.29 is 14.3 Å². The summed E-state index contributed by atoms with van der Waals surface area (Å²) >= 11 is 0. The summed E-state index contributed by atoms with van der Waals surface area (Å²) in [4.78, 5) is 12.8. The van der Waals surface area contributed by atoms with Gasteiger partial charge in [-0.3, -0.25) is 4.90 Å². The molecule has 0 aliphatic heterocycles. The van der Waals surface area contributed by atoms with Crippen LogP contribution in [0.25, 0.3) is 0 Å². The highest BCUT2D eigenvalue weighted by Gasteiger charge is 2.16. The minimum Gasteiger partial charge on any atom is -0.475 e. The van der Waals surface area contributed by atoms with E-state index < -0.39 is 5.97 Å². The second kappa shape index (κ2) is 5.51. The smallest absolute Gasteiger partial charge is 0.372 e. The normalized spacial score (nSPS) is 12.4. The van der Waals surface area contributed by atoms with Crippen LogP contribution in [0.2, 0.25) is 0 Å². The van der Waals surface area contributed by atoms with E-state index in [1.54, 1.807) is 13.0 Å². The maximum atomic E-state index is 10.8. The molecule has 0 saturated carbocycles. The lowest BCUT2D eigenvalue weighted by atomic mass is 10.2. The molecule has 0 radical (unpaired) electrons. The van der Waals surface area contributed by atoms with E-state index in [4.69, 9.17) is 14.8 Å². The molecule has 0 bridgehead atoms. The standard InChI is InChI=1S/C12H16N2O3/c1-8-6-10(17-11(8)12(15)16)7-14(3)9(2)4-5-13/h6,9H,4,7H2,1-3H3,(H,15,16). The lowest BCUT2D eigenvalue weighted by Gasteiger charge is -2.20. The van der Waals surface area contributed by atoms with Crippen LogP contribution in [0.1, 0.15) is 35.2 Å². The Morgan fingerprint density at radius 2 is 2.35 bits per heavy atom. The third-order valence-electron chi connectivity index (χ3n) is 2.71. The van der Waals surface area contributed by atoms with E-state index in [1.165, 1.54) is 0 Å². The van der Waals surface area contributed by atoms with Gasteiger partial charge in [-0.2, -0.15) is 5.26 Å². The highest BCUT2D eigenvalue weighted by atomic mass is 16.4. The third kappa shape index (κ3) is 3.33. The van der Waals surface area contributed by atoms with E-state index >= 15 is 0 Å². The van der Waals surface area contributed by atoms with Crippen molar-refractivity contribution in [3.8, 4) is 6.07 Å². The Labute approximate surface area is 100 Å². The second-order valence-corrected chi connectivity index (χ2v) is 4.16. The molecule has 1 rings (SSSR count). The fourth-order valence-electron chi connectivity index (χ4n) is 1.53. The van der Waals surface area contributed by atoms with E-state index in [9.17, 15) is 4.79 Å². The molecule has 5 nitrogen and oxygen atoms in total. The summed E-state index contributed by atoms with van der Waals surface area (Å²) in [5.41, 5.74) is 0.619. The zero-order valence-corrected chi connectivity index (χ0v) is 10.2. The van der Waals surface area contributed by atoms with Gasteiger partial charge in [-0.25, -0.2) is 4.79 Å². The number of hydrogen-bond acceptors (Lipinski definition) is 4. The number of carbonyl (C=O) groups is 1. The van der Waals surface area contributed by atoms with E-state index in [0.717, 1.165) is 0 Å². The fourth-order valence-corrected chi connectivity index (χ4v) is 1.53. The van der Waals surface area contributed by atoms with Gasteiger partial charge in [0.1, 0.15) is 5.76 Å². The van der Waals surface area contributed by atoms with Crippen molar-refractivity contribution in [3.63, 3.8) is 0 Å². The Morgan fingerprint density at radius 1 is 1.71 bits per heavy atom. The van der Waals surface area contributed by atoms with Crippen LogP contribution in [-0.2, 0) is 6.54 Å². The minimum atomic E-state index is -1.05. The summed E-state index contributed by atoms with van der Waals surface area (Å²) in [5, 5.41) is 17.5. The Kier molecular flexibility index (Phi) is 4.30. The molecule has 1 N–H and O–H groups in total. The first-order valence-corrected chi connectivity index (χ1v) is 5.35. The molecular weight excluding hydrogens is 220 g/mol. The summed E-state index contributed by atoms with van der Waals surface area (Å²) < 4.78 is 5.25. The minimum absolute atomic E-state index is 0.0127. The molecule has 0 aliphatic rings. The molecule has 1 aromatic rings. The van der Waals surface area contributed by atoms with E-state index in [0.29, 0.717) is 24.3 Å². The zero-order valence-electron chi connectivity index (χ0n) is 10.2. The van der Waals surface area contributed by atoms with Gasteiger partial charge in [0.25, 0.3) is 0 Å². The summed E-state index contributed by atoms with van der Waals surface area (Å²) in [5.74, 6) is -0.463. The second-order valence-electron chi connectivity index (χ2n) is 4.16. The highest BCUT2D eigenvalue weighted by molar-refractivity contribution is 5.86. The van der Waals surface area contributed by atoms with Gasteiger partial charge in [-0.1, -0.05) is 0 Å². The summed E-state index contributed by atoms with van der Waals surface area (Å²) in [6, 6.07) is 3.93. The molecule has 0 aromatic carbocycles. The van der Waals surface area contributed by atoms with Crippen LogP contribution in [0.4, 0.5) is 0 Å². The van der Waals surface area contributed by atoms with Crippen LogP contribution in [0, 0.1) is 18.3 Å². The van der Waals surface area contributed by atoms with Crippen molar-refractivity contribution in [2.75, 3.05) is 7.05 Å². The van der Waals surface area contributed by atoms with Gasteiger partial charge >= 0.3 is 5.97 Å². The first-order valence-electron chi connectivity index (χ1n) is 5.35. The predicted octanol–water partition coefficient (Wildman–Crippen LogP) is 2.02. The Balaban J connectivity index is 2.73. The number of aryl methyl sites for hydroxylation is 1. The number of hydrogen-bond donors (Lipinski definition) is 1. The average molecular weight is 236 g/mol. The molecule has 1 atom stereocenters. The maximum Gasteiger partial charge on any atom is 0.372 e. The van der Waals surface area contributed by atoms with Gasteiger partial charge in [-0.05, 0) is 27.0 Å². The molecule has 0 spiro atoms. The first-order chi connectivity index (χ1) is 7.95. The number of nitrogens with zero attached hydrogens (tertiary/aromatic N) is 2. The SMILES string of the molecule is Cc1cc(CN(C)C(C)CC#N)oc1C(=O)O. The van der Waals surface area contributed by atoms with E-state index in [1.807, 2.05) is 18.9 Å². The van der Waals surface area contributed by atoms with Crippen molar-refractivity contribution in [1.82, 2.24) is 4.90 Å². The molecule has 0 aliphatic carbocycles. The van der Waals surface area contributed by atoms with Gasteiger partial charge in [0.2, 0.25) is 5.76 Å². The molecule has 0 saturated heterocycles. The van der Waals surface area contributed by atoms with Gasteiger partial charge in [0, 0.05) is 11.6 Å². The number of rotatable bonds is 5. The van der Waals surface area contributed by atoms with E-state index in [2.05, 4.69) is 6.07 Å². The predicted molar refractivity (Wildman–Crippen MR) is 61.6 cm³/mol. The topological polar surface area (TPSA) is 77.5 Å². The first kappa shape index (κ1) is 13.3. The van der Waals surface area contributed by atoms with Crippen molar-refractivity contribution in [3.05, 3.63) is 23.2 Å². The largest absolute Gasteiger partial charge is 0.475 e. The van der Waals surface area contributed by atoms with Crippen molar-refractivity contribution in [2.24, 2.45) is 0 Å². The summed E-state index contributed by atoms with van der Waals surface area (Å²) in [7, 11) is 1.88. The van der Waals surface area contributed by atoms with Crippen molar-refractivity contribution in [2.45, 2.75) is 32.9 Å². The van der Waals surface area contributed by atoms with Crippen LogP contribution < -0.4 is 0 Å². The zero-order chi connectivity index (χ0) is 13.0. The van der Waals surface area contributed by atoms with Crippen LogP contribution in [-0.4, -0.2) is 29.1 Å². The Bertz CT molecular complexity index is 445. The number of carboxylic acid groups (broad SMARTS) is 1. The van der Waals surface area contributed by atoms with Crippen LogP contribution in [0.15, 0.2) is 10.5 Å². The van der Waals surface area contributed by atoms with Gasteiger partial charge < -0.3 is 9.52 Å². The van der Waals surface area contributed by atoms with Gasteiger partial charge in [0.05, 0.1) is 19.0 Å². The van der Waals surface area contributed by atoms with Crippen molar-refractivity contribution >= 4 is 5.97 Å². The molecule has 1 heterocycles. The maximum absolute atomic E-state index is 10.8. The van der Waals surface area contributed by atoms with E-state index in [-0.39, 0.29) is 11.8 Å². The van der Waals surface area contributed by atoms with Gasteiger partial charge in [0.15, 0.2) is 0 Å². The molecule has 0 amide bonds. The van der Waals surface area contributed by atoms with Crippen LogP contribution in [0.3, 0.4) is 0 Å². The van der Waals surface area contributed by atoms with Crippen molar-refractivity contribution in [1.29, 1.82) is 5.26 Å². The molecule has 92 valence electrons. The van der Waals surface area contributed by atoms with Gasteiger partial charge in [-0.15, -0.1) is 0 Å².